The maximum Gasteiger partial charge on any atom is 0.491 e. The van der Waals surface area contributed by atoms with Crippen LogP contribution in [-0.4, -0.2) is 86.8 Å². The third kappa shape index (κ3) is 12.6. The molecular formula is C41H60O11Si2. The van der Waals surface area contributed by atoms with Gasteiger partial charge in [0, 0.05) is 33.4 Å². The molecule has 0 aromatic heterocycles. The zero-order chi connectivity index (χ0) is 38.6. The Bertz CT molecular complexity index is 1500. The second-order valence-corrected chi connectivity index (χ2v) is 21.8. The van der Waals surface area contributed by atoms with Crippen LogP contribution in [0.2, 0.25) is 18.6 Å². The van der Waals surface area contributed by atoms with Crippen molar-refractivity contribution in [1.82, 2.24) is 0 Å². The van der Waals surface area contributed by atoms with E-state index in [0.29, 0.717) is 48.9 Å². The average Bonchev–Trinajstić information content (AvgIpc) is 3.98. The first-order valence-corrected chi connectivity index (χ1v) is 24.1. The zero-order valence-electron chi connectivity index (χ0n) is 32.7. The first-order chi connectivity index (χ1) is 26.1. The number of hydrogen-bond donors (Lipinski definition) is 1. The number of carbonyl (C=O) groups is 2. The molecule has 0 bridgehead atoms. The van der Waals surface area contributed by atoms with Crippen LogP contribution in [0.15, 0.2) is 54.6 Å². The van der Waals surface area contributed by atoms with Gasteiger partial charge in [-0.2, -0.15) is 0 Å². The van der Waals surface area contributed by atoms with Crippen LogP contribution in [0.4, 0.5) is 0 Å². The van der Waals surface area contributed by atoms with Crippen LogP contribution >= 0.6 is 0 Å². The average molecular weight is 785 g/mol. The number of carbonyl (C=O) groups excluding carboxylic acids is 2. The third-order valence-corrected chi connectivity index (χ3v) is 18.3. The Morgan fingerprint density at radius 3 is 2.20 bits per heavy atom. The summed E-state index contributed by atoms with van der Waals surface area (Å²) in [6.45, 7) is 4.86. The van der Waals surface area contributed by atoms with Gasteiger partial charge in [0.15, 0.2) is 0 Å². The zero-order valence-corrected chi connectivity index (χ0v) is 34.7. The molecule has 11 nitrogen and oxygen atoms in total. The Morgan fingerprint density at radius 2 is 1.52 bits per heavy atom. The number of aliphatic hydroxyl groups is 1. The predicted molar refractivity (Wildman–Crippen MR) is 209 cm³/mol. The molecule has 2 saturated carbocycles. The number of benzene rings is 2. The highest BCUT2D eigenvalue weighted by Crippen LogP contribution is 2.42. The number of rotatable bonds is 21. The van der Waals surface area contributed by atoms with Gasteiger partial charge in [0.25, 0.3) is 0 Å². The molecule has 2 aromatic rings. The van der Waals surface area contributed by atoms with Gasteiger partial charge in [0.05, 0.1) is 30.5 Å². The molecule has 54 heavy (non-hydrogen) atoms. The lowest BCUT2D eigenvalue weighted by molar-refractivity contribution is -0.153. The van der Waals surface area contributed by atoms with Crippen molar-refractivity contribution in [3.05, 3.63) is 65.7 Å². The van der Waals surface area contributed by atoms with Gasteiger partial charge < -0.3 is 41.4 Å². The molecule has 2 aliphatic carbocycles. The van der Waals surface area contributed by atoms with Crippen molar-refractivity contribution in [2.24, 2.45) is 11.8 Å². The van der Waals surface area contributed by atoms with Crippen LogP contribution in [0, 0.1) is 11.8 Å². The minimum atomic E-state index is -2.94. The molecule has 7 unspecified atom stereocenters. The summed E-state index contributed by atoms with van der Waals surface area (Å²) >= 11 is 0. The summed E-state index contributed by atoms with van der Waals surface area (Å²) in [7, 11) is -0.547. The fourth-order valence-corrected chi connectivity index (χ4v) is 14.4. The van der Waals surface area contributed by atoms with Crippen molar-refractivity contribution in [2.45, 2.75) is 121 Å². The van der Waals surface area contributed by atoms with Gasteiger partial charge in [-0.3, -0.25) is 0 Å². The SMILES string of the molecule is CCCCCOc1ccc(C(=O)Oc2ccc(/C=C/C(=O)OC3CC(CC[Si](C)(OC)O[Si](CCC4CCC5OC5C4)(OC)OC)CCC3O)cc2)cc1. The maximum atomic E-state index is 12.8. The van der Waals surface area contributed by atoms with Crippen molar-refractivity contribution in [3.63, 3.8) is 0 Å². The highest BCUT2D eigenvalue weighted by atomic mass is 28.5. The van der Waals surface area contributed by atoms with Crippen molar-refractivity contribution >= 4 is 35.4 Å². The third-order valence-electron chi connectivity index (χ3n) is 11.1. The molecule has 0 spiro atoms. The Morgan fingerprint density at radius 1 is 0.833 bits per heavy atom. The van der Waals surface area contributed by atoms with E-state index in [1.807, 2.05) is 0 Å². The Hall–Kier alpha value is -2.89. The number of ether oxygens (including phenoxy) is 4. The number of esters is 2. The number of fused-ring (bicyclic) bond motifs is 1. The van der Waals surface area contributed by atoms with Crippen molar-refractivity contribution in [3.8, 4) is 11.5 Å². The van der Waals surface area contributed by atoms with Crippen LogP contribution in [0.3, 0.4) is 0 Å². The standard InChI is InChI=1S/C41H60O11Si2/c1-6-7-8-25-48-34-18-14-33(15-19-34)41(44)49-35-16-9-30(10-17-35)13-22-40(43)51-38-28-31(11-20-36(38)42)23-26-53(5,45-2)52-54(46-3,47-4)27-24-32-12-21-37-39(29-32)50-37/h9-10,13-19,22,31-32,36-39,42H,6-8,11-12,20-21,23-29H2,1-5H3/b22-13+. The van der Waals surface area contributed by atoms with Gasteiger partial charge >= 0.3 is 29.3 Å². The van der Waals surface area contributed by atoms with Gasteiger partial charge in [0.1, 0.15) is 17.6 Å². The number of epoxide rings is 1. The van der Waals surface area contributed by atoms with E-state index >= 15 is 0 Å². The predicted octanol–water partition coefficient (Wildman–Crippen LogP) is 7.88. The van der Waals surface area contributed by atoms with Crippen LogP contribution < -0.4 is 9.47 Å². The Kier molecular flexibility index (Phi) is 15.9. The van der Waals surface area contributed by atoms with E-state index in [2.05, 4.69) is 13.5 Å². The molecule has 1 heterocycles. The second-order valence-electron chi connectivity index (χ2n) is 15.1. The summed E-state index contributed by atoms with van der Waals surface area (Å²) in [5.41, 5.74) is 1.16. The molecule has 3 aliphatic rings. The molecule has 0 radical (unpaired) electrons. The lowest BCUT2D eigenvalue weighted by atomic mass is 9.84. The minimum Gasteiger partial charge on any atom is -0.494 e. The largest absolute Gasteiger partial charge is 0.494 e. The van der Waals surface area contributed by atoms with Crippen molar-refractivity contribution in [1.29, 1.82) is 0 Å². The molecule has 5 rings (SSSR count). The highest BCUT2D eigenvalue weighted by molar-refractivity contribution is 6.77. The molecule has 0 amide bonds. The Balaban J connectivity index is 1.05. The lowest BCUT2D eigenvalue weighted by Crippen LogP contribution is -2.54. The summed E-state index contributed by atoms with van der Waals surface area (Å²) in [5, 5.41) is 10.7. The van der Waals surface area contributed by atoms with E-state index in [1.165, 1.54) is 12.5 Å². The van der Waals surface area contributed by atoms with Gasteiger partial charge in [0.2, 0.25) is 0 Å². The highest BCUT2D eigenvalue weighted by Gasteiger charge is 2.49. The Labute approximate surface area is 323 Å². The molecular weight excluding hydrogens is 725 g/mol. The van der Waals surface area contributed by atoms with Crippen LogP contribution in [0.1, 0.15) is 93.5 Å². The first kappa shape index (κ1) is 42.3. The van der Waals surface area contributed by atoms with Crippen LogP contribution in [0.5, 0.6) is 11.5 Å². The molecule has 3 fully saturated rings. The van der Waals surface area contributed by atoms with E-state index in [0.717, 1.165) is 74.8 Å². The summed E-state index contributed by atoms with van der Waals surface area (Å²) in [5.74, 6) is 0.955. The van der Waals surface area contributed by atoms with E-state index in [4.69, 9.17) is 36.3 Å². The molecule has 13 heteroatoms. The van der Waals surface area contributed by atoms with Gasteiger partial charge in [-0.15, -0.1) is 0 Å². The monoisotopic (exact) mass is 784 g/mol. The first-order valence-electron chi connectivity index (χ1n) is 19.7. The summed E-state index contributed by atoms with van der Waals surface area (Å²) in [6, 6.07) is 15.2. The quantitative estimate of drug-likeness (QED) is 0.0331. The lowest BCUT2D eigenvalue weighted by Gasteiger charge is -2.38. The van der Waals surface area contributed by atoms with E-state index in [9.17, 15) is 14.7 Å². The van der Waals surface area contributed by atoms with Crippen molar-refractivity contribution < 1.29 is 51.0 Å². The number of hydrogen-bond acceptors (Lipinski definition) is 11. The maximum absolute atomic E-state index is 12.8. The van der Waals surface area contributed by atoms with E-state index < -0.39 is 41.5 Å². The van der Waals surface area contributed by atoms with E-state index in [-0.39, 0.29) is 5.92 Å². The number of aliphatic hydroxyl groups excluding tert-OH is 1. The normalized spacial score (nSPS) is 25.1. The number of unbranched alkanes of at least 4 members (excludes halogenated alkanes) is 2. The molecule has 1 aliphatic heterocycles. The summed E-state index contributed by atoms with van der Waals surface area (Å²) < 4.78 is 47.5. The molecule has 2 aromatic carbocycles. The molecule has 1 saturated heterocycles. The van der Waals surface area contributed by atoms with Crippen LogP contribution in [-0.2, 0) is 31.7 Å². The topological polar surface area (TPSA) is 132 Å². The van der Waals surface area contributed by atoms with Gasteiger partial charge in [-0.05, 0) is 130 Å². The van der Waals surface area contributed by atoms with Gasteiger partial charge in [-0.1, -0.05) is 31.9 Å². The molecule has 7 atom stereocenters. The molecule has 1 N–H and O–H groups in total. The minimum absolute atomic E-state index is 0.243. The van der Waals surface area contributed by atoms with Crippen LogP contribution in [0.25, 0.3) is 6.08 Å². The van der Waals surface area contributed by atoms with Gasteiger partial charge in [-0.25, -0.2) is 9.59 Å². The van der Waals surface area contributed by atoms with E-state index in [1.54, 1.807) is 75.9 Å². The summed E-state index contributed by atoms with van der Waals surface area (Å²) in [6.07, 6.45) is 13.0. The van der Waals surface area contributed by atoms with Crippen molar-refractivity contribution in [2.75, 3.05) is 27.9 Å². The smallest absolute Gasteiger partial charge is 0.491 e. The fourth-order valence-electron chi connectivity index (χ4n) is 7.52. The molecule has 298 valence electrons. The summed E-state index contributed by atoms with van der Waals surface area (Å²) in [4.78, 5) is 25.5. The fraction of sp³-hybridized carbons (Fsp3) is 0.610. The second kappa shape index (κ2) is 20.3.